The average molecular weight is 660 g/mol. The number of phenols is 1. The summed E-state index contributed by atoms with van der Waals surface area (Å²) in [6, 6.07) is 31.3. The SMILES string of the molecule is CC(C)Nc1cc2c(cc1Nc1ccc(Cl)cc1)nc1ccccc1[n+]2-c1ccc(Cl)cc1.CO.O=C(O)c1ccc(O)cc1[O-]. The van der Waals surface area contributed by atoms with Gasteiger partial charge in [-0.05, 0) is 80.6 Å². The zero-order valence-corrected chi connectivity index (χ0v) is 26.7. The van der Waals surface area contributed by atoms with E-state index in [1.54, 1.807) is 0 Å². The highest BCUT2D eigenvalue weighted by Gasteiger charge is 2.22. The number of hydrogen-bond acceptors (Lipinski definition) is 7. The number of anilines is 3. The quantitative estimate of drug-likeness (QED) is 0.0926. The van der Waals surface area contributed by atoms with Crippen LogP contribution in [0.15, 0.2) is 103 Å². The molecule has 46 heavy (non-hydrogen) atoms. The number of halogens is 2. The van der Waals surface area contributed by atoms with E-state index in [-0.39, 0.29) is 17.4 Å². The minimum Gasteiger partial charge on any atom is -0.872 e. The fourth-order valence-corrected chi connectivity index (χ4v) is 4.88. The van der Waals surface area contributed by atoms with Crippen molar-refractivity contribution in [1.82, 2.24) is 4.98 Å². The number of aromatic nitrogens is 2. The van der Waals surface area contributed by atoms with E-state index >= 15 is 0 Å². The summed E-state index contributed by atoms with van der Waals surface area (Å²) in [5.41, 5.74) is 7.42. The van der Waals surface area contributed by atoms with Gasteiger partial charge in [-0.15, -0.1) is 4.57 Å². The molecule has 236 valence electrons. The van der Waals surface area contributed by atoms with Gasteiger partial charge in [0.2, 0.25) is 16.7 Å². The Morgan fingerprint density at radius 1 is 0.804 bits per heavy atom. The summed E-state index contributed by atoms with van der Waals surface area (Å²) in [7, 11) is 1.00. The van der Waals surface area contributed by atoms with Gasteiger partial charge < -0.3 is 31.1 Å². The standard InChI is InChI=1S/C27H22Cl2N4.C7H6O4.CH4O/c1-17(2)30-24-16-27-25(15-23(24)31-20-11-7-18(28)8-12-20)32-22-5-3-4-6-26(22)33(27)21-13-9-19(29)10-14-21;8-4-1-2-5(7(10)11)6(9)3-4;1-2/h3-17H,1-2H3,(H,31,32);1-3,8-9H,(H,10,11);2H,1H3. The van der Waals surface area contributed by atoms with Gasteiger partial charge in [-0.3, -0.25) is 0 Å². The Kier molecular flexibility index (Phi) is 11.2. The first kappa shape index (κ1) is 33.8. The predicted octanol–water partition coefficient (Wildman–Crippen LogP) is 7.31. The Balaban J connectivity index is 0.000000312. The van der Waals surface area contributed by atoms with Gasteiger partial charge in [0.1, 0.15) is 16.8 Å². The van der Waals surface area contributed by atoms with Crippen LogP contribution in [0.5, 0.6) is 11.5 Å². The van der Waals surface area contributed by atoms with E-state index < -0.39 is 11.7 Å². The van der Waals surface area contributed by atoms with Crippen LogP contribution in [-0.4, -0.2) is 39.4 Å². The molecular formula is C35H32Cl2N4O5. The molecule has 0 unspecified atom stereocenters. The summed E-state index contributed by atoms with van der Waals surface area (Å²) in [6.07, 6.45) is 0. The Morgan fingerprint density at radius 3 is 2.04 bits per heavy atom. The summed E-state index contributed by atoms with van der Waals surface area (Å²) in [4.78, 5) is 15.2. The Bertz CT molecular complexity index is 1970. The van der Waals surface area contributed by atoms with Crippen LogP contribution in [-0.2, 0) is 0 Å². The maximum Gasteiger partial charge on any atom is 0.335 e. The summed E-state index contributed by atoms with van der Waals surface area (Å²) >= 11 is 12.3. The molecule has 0 saturated heterocycles. The molecular weight excluding hydrogens is 627 g/mol. The minimum atomic E-state index is -1.28. The lowest BCUT2D eigenvalue weighted by Crippen LogP contribution is -2.33. The highest BCUT2D eigenvalue weighted by Crippen LogP contribution is 2.32. The van der Waals surface area contributed by atoms with Gasteiger partial charge in [-0.1, -0.05) is 41.1 Å². The largest absolute Gasteiger partial charge is 0.872 e. The fourth-order valence-electron chi connectivity index (χ4n) is 4.63. The third kappa shape index (κ3) is 8.13. The number of carboxylic acid groups (broad SMARTS) is 1. The van der Waals surface area contributed by atoms with E-state index in [0.29, 0.717) is 10.0 Å². The van der Waals surface area contributed by atoms with Crippen LogP contribution in [0.4, 0.5) is 17.1 Å². The highest BCUT2D eigenvalue weighted by atomic mass is 35.5. The number of aliphatic hydroxyl groups is 1. The Labute approximate surface area is 275 Å². The number of carbonyl (C=O) groups is 1. The number of nitrogens with one attached hydrogen (secondary N) is 2. The smallest absolute Gasteiger partial charge is 0.335 e. The Hall–Kier alpha value is -5.09. The van der Waals surface area contributed by atoms with Crippen molar-refractivity contribution in [2.24, 2.45) is 0 Å². The van der Waals surface area contributed by atoms with Gasteiger partial charge in [0.15, 0.2) is 0 Å². The minimum absolute atomic E-state index is 0.222. The lowest BCUT2D eigenvalue weighted by Gasteiger charge is -2.17. The van der Waals surface area contributed by atoms with E-state index in [0.717, 1.165) is 70.1 Å². The van der Waals surface area contributed by atoms with Gasteiger partial charge >= 0.3 is 5.97 Å². The molecule has 0 bridgehead atoms. The van der Waals surface area contributed by atoms with Gasteiger partial charge in [0.05, 0.1) is 16.9 Å². The summed E-state index contributed by atoms with van der Waals surface area (Å²) in [5, 5.41) is 43.4. The number of aliphatic hydroxyl groups excluding tert-OH is 1. The van der Waals surface area contributed by atoms with Gasteiger partial charge in [0, 0.05) is 53.1 Å². The molecule has 0 aliphatic carbocycles. The number of rotatable bonds is 6. The maximum atomic E-state index is 10.7. The van der Waals surface area contributed by atoms with Gasteiger partial charge in [-0.2, -0.15) is 0 Å². The van der Waals surface area contributed by atoms with Crippen molar-refractivity contribution >= 4 is 68.3 Å². The third-order valence-corrected chi connectivity index (χ3v) is 7.07. The molecule has 0 saturated carbocycles. The molecule has 5 N–H and O–H groups in total. The fraction of sp³-hybridized carbons (Fsp3) is 0.114. The topological polar surface area (TPSA) is 142 Å². The summed E-state index contributed by atoms with van der Waals surface area (Å²) in [5.74, 6) is -2.19. The van der Waals surface area contributed by atoms with Crippen LogP contribution in [0, 0.1) is 0 Å². The van der Waals surface area contributed by atoms with Gasteiger partial charge in [0.25, 0.3) is 0 Å². The zero-order chi connectivity index (χ0) is 33.4. The van der Waals surface area contributed by atoms with Crippen LogP contribution >= 0.6 is 23.2 Å². The molecule has 0 aliphatic rings. The molecule has 6 aromatic rings. The van der Waals surface area contributed by atoms with Crippen molar-refractivity contribution in [3.05, 3.63) is 119 Å². The first-order valence-corrected chi connectivity index (χ1v) is 14.9. The van der Waals surface area contributed by atoms with Crippen LogP contribution in [0.25, 0.3) is 27.8 Å². The summed E-state index contributed by atoms with van der Waals surface area (Å²) < 4.78 is 2.23. The third-order valence-electron chi connectivity index (χ3n) is 6.57. The molecule has 0 spiro atoms. The van der Waals surface area contributed by atoms with Crippen LogP contribution in [0.2, 0.25) is 10.0 Å². The van der Waals surface area contributed by atoms with Crippen molar-refractivity contribution in [2.75, 3.05) is 17.7 Å². The molecule has 11 heteroatoms. The zero-order valence-electron chi connectivity index (χ0n) is 25.2. The number of phenolic OH excluding ortho intramolecular Hbond substituents is 1. The lowest BCUT2D eigenvalue weighted by atomic mass is 10.1. The van der Waals surface area contributed by atoms with Crippen molar-refractivity contribution in [3.63, 3.8) is 0 Å². The van der Waals surface area contributed by atoms with Gasteiger partial charge in [-0.25, -0.2) is 9.78 Å². The second kappa shape index (κ2) is 15.3. The number of para-hydroxylation sites is 2. The number of aromatic carboxylic acids is 1. The Morgan fingerprint density at radius 2 is 1.43 bits per heavy atom. The van der Waals surface area contributed by atoms with Crippen LogP contribution in [0.3, 0.4) is 0 Å². The normalized spacial score (nSPS) is 10.5. The number of aromatic hydroxyl groups is 1. The first-order valence-electron chi connectivity index (χ1n) is 14.1. The van der Waals surface area contributed by atoms with Crippen LogP contribution < -0.4 is 20.3 Å². The lowest BCUT2D eigenvalue weighted by molar-refractivity contribution is -0.538. The molecule has 1 aromatic heterocycles. The maximum absolute atomic E-state index is 10.7. The monoisotopic (exact) mass is 658 g/mol. The predicted molar refractivity (Wildman–Crippen MR) is 182 cm³/mol. The average Bonchev–Trinajstić information content (AvgIpc) is 3.03. The van der Waals surface area contributed by atoms with Crippen molar-refractivity contribution < 1.29 is 29.8 Å². The number of hydrogen-bond donors (Lipinski definition) is 5. The van der Waals surface area contributed by atoms with E-state index in [4.69, 9.17) is 43.5 Å². The number of benzene rings is 5. The second-order valence-corrected chi connectivity index (χ2v) is 11.1. The van der Waals surface area contributed by atoms with E-state index in [9.17, 15) is 9.90 Å². The molecule has 0 atom stereocenters. The van der Waals surface area contributed by atoms with Crippen molar-refractivity contribution in [2.45, 2.75) is 19.9 Å². The van der Waals surface area contributed by atoms with E-state index in [2.05, 4.69) is 47.2 Å². The van der Waals surface area contributed by atoms with Crippen molar-refractivity contribution in [1.29, 1.82) is 0 Å². The van der Waals surface area contributed by atoms with E-state index in [1.165, 1.54) is 0 Å². The first-order chi connectivity index (χ1) is 22.1. The van der Waals surface area contributed by atoms with Crippen LogP contribution in [0.1, 0.15) is 24.2 Å². The summed E-state index contributed by atoms with van der Waals surface area (Å²) in [6.45, 7) is 4.25. The molecule has 0 amide bonds. The molecule has 0 radical (unpaired) electrons. The van der Waals surface area contributed by atoms with E-state index in [1.807, 2.05) is 66.7 Å². The number of fused-ring (bicyclic) bond motifs is 2. The molecule has 0 aliphatic heterocycles. The molecule has 0 fully saturated rings. The number of carboxylic acids is 1. The molecule has 5 aromatic carbocycles. The molecule has 6 rings (SSSR count). The molecule has 9 nitrogen and oxygen atoms in total. The second-order valence-electron chi connectivity index (χ2n) is 10.2. The highest BCUT2D eigenvalue weighted by molar-refractivity contribution is 6.30. The molecule has 1 heterocycles. The van der Waals surface area contributed by atoms with Crippen molar-refractivity contribution in [3.8, 4) is 17.2 Å². The number of nitrogens with zero attached hydrogens (tertiary/aromatic N) is 2.